The molecule has 140 valence electrons. The first-order valence-corrected chi connectivity index (χ1v) is 9.38. The van der Waals surface area contributed by atoms with Crippen molar-refractivity contribution in [2.45, 2.75) is 26.7 Å². The van der Waals surface area contributed by atoms with Crippen LogP contribution in [0, 0.1) is 6.92 Å². The number of hydrogen-bond acceptors (Lipinski definition) is 3. The van der Waals surface area contributed by atoms with Crippen molar-refractivity contribution in [1.82, 2.24) is 23.3 Å². The maximum Gasteiger partial charge on any atom is 0.261 e. The second-order valence-electron chi connectivity index (χ2n) is 7.70. The average molecular weight is 371 g/mol. The van der Waals surface area contributed by atoms with Crippen LogP contribution in [0.2, 0.25) is 0 Å². The van der Waals surface area contributed by atoms with Crippen molar-refractivity contribution in [3.05, 3.63) is 70.8 Å². The first-order chi connectivity index (χ1) is 13.5. The quantitative estimate of drug-likeness (QED) is 0.472. The molecule has 6 heteroatoms. The van der Waals surface area contributed by atoms with Gasteiger partial charge in [0, 0.05) is 18.8 Å². The van der Waals surface area contributed by atoms with Gasteiger partial charge in [-0.15, -0.1) is 0 Å². The molecule has 0 N–H and O–H groups in total. The zero-order valence-corrected chi connectivity index (χ0v) is 16.3. The highest BCUT2D eigenvalue weighted by atomic mass is 16.1. The van der Waals surface area contributed by atoms with E-state index in [0.717, 1.165) is 44.5 Å². The van der Waals surface area contributed by atoms with Crippen molar-refractivity contribution < 1.29 is 0 Å². The van der Waals surface area contributed by atoms with Crippen LogP contribution in [-0.4, -0.2) is 23.3 Å². The zero-order chi connectivity index (χ0) is 19.6. The monoisotopic (exact) mass is 371 g/mol. The van der Waals surface area contributed by atoms with Gasteiger partial charge in [-0.1, -0.05) is 19.9 Å². The van der Waals surface area contributed by atoms with Crippen LogP contribution in [0.1, 0.15) is 30.9 Å². The minimum atomic E-state index is -0.00133. The third-order valence-electron chi connectivity index (χ3n) is 5.42. The van der Waals surface area contributed by atoms with Crippen LogP contribution in [0.4, 0.5) is 0 Å². The van der Waals surface area contributed by atoms with Gasteiger partial charge in [0.25, 0.3) is 5.56 Å². The number of aromatic nitrogens is 5. The van der Waals surface area contributed by atoms with E-state index in [1.54, 1.807) is 10.9 Å². The number of hydrogen-bond donors (Lipinski definition) is 0. The van der Waals surface area contributed by atoms with Crippen LogP contribution in [0.15, 0.2) is 54.1 Å². The molecule has 4 heterocycles. The van der Waals surface area contributed by atoms with Crippen LogP contribution in [0.3, 0.4) is 0 Å². The Morgan fingerprint density at radius 3 is 2.71 bits per heavy atom. The summed E-state index contributed by atoms with van der Waals surface area (Å²) >= 11 is 0. The summed E-state index contributed by atoms with van der Waals surface area (Å²) in [6.45, 7) is 6.35. The minimum Gasteiger partial charge on any atom is -0.306 e. The van der Waals surface area contributed by atoms with Crippen LogP contribution < -0.4 is 5.56 Å². The van der Waals surface area contributed by atoms with Gasteiger partial charge in [0.1, 0.15) is 17.7 Å². The summed E-state index contributed by atoms with van der Waals surface area (Å²) in [5.41, 5.74) is 6.74. The fraction of sp³-hybridized carbons (Fsp3) is 0.227. The first-order valence-electron chi connectivity index (χ1n) is 9.38. The molecule has 28 heavy (non-hydrogen) atoms. The Morgan fingerprint density at radius 1 is 1.11 bits per heavy atom. The summed E-state index contributed by atoms with van der Waals surface area (Å²) in [6.07, 6.45) is 7.41. The second-order valence-corrected chi connectivity index (χ2v) is 7.70. The van der Waals surface area contributed by atoms with E-state index in [-0.39, 0.29) is 5.56 Å². The van der Waals surface area contributed by atoms with E-state index < -0.39 is 0 Å². The minimum absolute atomic E-state index is 0.00133. The van der Waals surface area contributed by atoms with Crippen LogP contribution in [0.5, 0.6) is 0 Å². The van der Waals surface area contributed by atoms with Gasteiger partial charge in [-0.3, -0.25) is 13.8 Å². The highest BCUT2D eigenvalue weighted by Gasteiger charge is 2.19. The summed E-state index contributed by atoms with van der Waals surface area (Å²) in [5.74, 6) is 0.297. The summed E-state index contributed by atoms with van der Waals surface area (Å²) < 4.78 is 5.72. The fourth-order valence-corrected chi connectivity index (χ4v) is 4.05. The van der Waals surface area contributed by atoms with Gasteiger partial charge in [0.05, 0.1) is 28.9 Å². The number of pyridine rings is 1. The molecule has 0 spiro atoms. The van der Waals surface area contributed by atoms with Crippen LogP contribution >= 0.6 is 0 Å². The van der Waals surface area contributed by atoms with Crippen molar-refractivity contribution in [1.29, 1.82) is 0 Å². The normalized spacial score (nSPS) is 12.0. The van der Waals surface area contributed by atoms with Gasteiger partial charge in [0.15, 0.2) is 0 Å². The fourth-order valence-electron chi connectivity index (χ4n) is 4.05. The third kappa shape index (κ3) is 2.24. The number of aryl methyl sites for hydroxylation is 2. The lowest BCUT2D eigenvalue weighted by atomic mass is 9.97. The Kier molecular flexibility index (Phi) is 3.46. The predicted molar refractivity (Wildman–Crippen MR) is 111 cm³/mol. The van der Waals surface area contributed by atoms with Crippen molar-refractivity contribution in [3.8, 4) is 11.3 Å². The summed E-state index contributed by atoms with van der Waals surface area (Å²) in [5, 5.41) is 0.729. The molecule has 0 bridgehead atoms. The van der Waals surface area contributed by atoms with E-state index in [4.69, 9.17) is 4.98 Å². The van der Waals surface area contributed by atoms with E-state index in [9.17, 15) is 4.79 Å². The van der Waals surface area contributed by atoms with Crippen molar-refractivity contribution in [2.75, 3.05) is 0 Å². The van der Waals surface area contributed by atoms with Gasteiger partial charge < -0.3 is 4.40 Å². The first kappa shape index (κ1) is 16.7. The molecular formula is C22H21N5O. The standard InChI is InChI=1S/C22H21N5O/c1-13(2)17-7-14(3)8-18-20(17)27-12-24-19(21(27)25(4)22(18)28)15-5-6-16-9-23-11-26(16)10-15/h5-13H,1-4H3. The number of benzene rings is 1. The Labute approximate surface area is 161 Å². The highest BCUT2D eigenvalue weighted by Crippen LogP contribution is 2.30. The molecule has 0 aliphatic carbocycles. The lowest BCUT2D eigenvalue weighted by molar-refractivity contribution is 0.851. The lowest BCUT2D eigenvalue weighted by Crippen LogP contribution is -2.20. The maximum absolute atomic E-state index is 13.2. The van der Waals surface area contributed by atoms with Gasteiger partial charge in [-0.25, -0.2) is 9.97 Å². The number of rotatable bonds is 2. The molecule has 0 saturated carbocycles. The van der Waals surface area contributed by atoms with Gasteiger partial charge in [-0.2, -0.15) is 0 Å². The van der Waals surface area contributed by atoms with E-state index >= 15 is 0 Å². The van der Waals surface area contributed by atoms with E-state index in [0.29, 0.717) is 5.92 Å². The summed E-state index contributed by atoms with van der Waals surface area (Å²) in [7, 11) is 1.81. The topological polar surface area (TPSA) is 56.6 Å². The lowest BCUT2D eigenvalue weighted by Gasteiger charge is -2.15. The smallest absolute Gasteiger partial charge is 0.261 e. The van der Waals surface area contributed by atoms with Gasteiger partial charge in [-0.05, 0) is 42.2 Å². The van der Waals surface area contributed by atoms with E-state index in [1.165, 1.54) is 0 Å². The molecule has 0 aliphatic heterocycles. The van der Waals surface area contributed by atoms with Gasteiger partial charge in [0.2, 0.25) is 0 Å². The number of fused-ring (bicyclic) bond motifs is 4. The molecule has 0 amide bonds. The van der Waals surface area contributed by atoms with E-state index in [2.05, 4.69) is 29.3 Å². The Bertz CT molecular complexity index is 1430. The second kappa shape index (κ2) is 5.79. The summed E-state index contributed by atoms with van der Waals surface area (Å²) in [4.78, 5) is 22.1. The Morgan fingerprint density at radius 2 is 1.93 bits per heavy atom. The molecule has 5 aromatic rings. The molecule has 0 saturated heterocycles. The molecule has 0 atom stereocenters. The molecule has 0 fully saturated rings. The SMILES string of the molecule is Cc1cc(C(C)C)c2c(c1)c(=O)n(C)c1c(-c3ccc4cncn4c3)ncn21. The number of imidazole rings is 2. The Hall–Kier alpha value is -3.41. The molecule has 1 aromatic carbocycles. The zero-order valence-electron chi connectivity index (χ0n) is 16.3. The van der Waals surface area contributed by atoms with Crippen molar-refractivity contribution in [3.63, 3.8) is 0 Å². The summed E-state index contributed by atoms with van der Waals surface area (Å²) in [6, 6.07) is 8.17. The highest BCUT2D eigenvalue weighted by molar-refractivity contribution is 5.88. The maximum atomic E-state index is 13.2. The average Bonchev–Trinajstić information content (AvgIpc) is 3.31. The molecular weight excluding hydrogens is 350 g/mol. The van der Waals surface area contributed by atoms with Crippen molar-refractivity contribution in [2.24, 2.45) is 7.05 Å². The van der Waals surface area contributed by atoms with Gasteiger partial charge >= 0.3 is 0 Å². The molecule has 0 radical (unpaired) electrons. The molecule has 4 aromatic heterocycles. The molecule has 0 aliphatic rings. The molecule has 6 nitrogen and oxygen atoms in total. The largest absolute Gasteiger partial charge is 0.306 e. The van der Waals surface area contributed by atoms with E-state index in [1.807, 2.05) is 55.3 Å². The molecule has 5 rings (SSSR count). The predicted octanol–water partition coefficient (Wildman–Crippen LogP) is 3.93. The Balaban J connectivity index is 1.93. The third-order valence-corrected chi connectivity index (χ3v) is 5.42. The molecule has 0 unspecified atom stereocenters. The van der Waals surface area contributed by atoms with Crippen LogP contribution in [0.25, 0.3) is 33.3 Å². The van der Waals surface area contributed by atoms with Crippen LogP contribution in [-0.2, 0) is 7.05 Å². The van der Waals surface area contributed by atoms with Crippen molar-refractivity contribution >= 4 is 22.1 Å². The number of nitrogens with zero attached hydrogens (tertiary/aromatic N) is 5.